The number of amides is 1. The van der Waals surface area contributed by atoms with E-state index < -0.39 is 65.7 Å². The summed E-state index contributed by atoms with van der Waals surface area (Å²) in [5, 5.41) is 32.0. The number of aliphatic hydroxyl groups excluding tert-OH is 3. The summed E-state index contributed by atoms with van der Waals surface area (Å²) >= 11 is 0. The van der Waals surface area contributed by atoms with Crippen molar-refractivity contribution >= 4 is 22.5 Å². The van der Waals surface area contributed by atoms with Crippen LogP contribution in [0.15, 0.2) is 36.4 Å². The topological polar surface area (TPSA) is 113 Å². The molecule has 8 nitrogen and oxygen atoms in total. The third-order valence-corrected chi connectivity index (χ3v) is 6.48. The van der Waals surface area contributed by atoms with E-state index in [-0.39, 0.29) is 30.0 Å². The van der Waals surface area contributed by atoms with Crippen LogP contribution in [-0.4, -0.2) is 51.4 Å². The highest BCUT2D eigenvalue weighted by molar-refractivity contribution is 6.02. The monoisotopic (exact) mass is 524 g/mol. The third kappa shape index (κ3) is 4.41. The van der Waals surface area contributed by atoms with Gasteiger partial charge in [0.2, 0.25) is 5.91 Å². The number of fused-ring (bicyclic) bond motifs is 2. The van der Waals surface area contributed by atoms with Crippen LogP contribution in [0.2, 0.25) is 0 Å². The van der Waals surface area contributed by atoms with E-state index in [1.54, 1.807) is 19.9 Å². The van der Waals surface area contributed by atoms with Gasteiger partial charge in [0, 0.05) is 28.0 Å². The zero-order valence-corrected chi connectivity index (χ0v) is 19.8. The molecule has 0 spiro atoms. The molecular formula is C26H27F3N2O6. The molecule has 1 saturated carbocycles. The summed E-state index contributed by atoms with van der Waals surface area (Å²) in [5.41, 5.74) is -3.38. The first kappa shape index (κ1) is 20.7. The summed E-state index contributed by atoms with van der Waals surface area (Å²) in [5.74, 6) is -3.14. The normalized spacial score (nSPS) is 22.5. The van der Waals surface area contributed by atoms with Crippen LogP contribution in [0.5, 0.6) is 11.5 Å². The van der Waals surface area contributed by atoms with Crippen molar-refractivity contribution in [1.29, 1.82) is 0 Å². The summed E-state index contributed by atoms with van der Waals surface area (Å²) in [6.07, 6.45) is -10.8. The van der Waals surface area contributed by atoms with Crippen molar-refractivity contribution in [2.75, 3.05) is 18.5 Å². The average molecular weight is 525 g/mol. The first-order chi connectivity index (χ1) is 18.9. The number of aromatic nitrogens is 1. The van der Waals surface area contributed by atoms with Crippen molar-refractivity contribution in [3.63, 3.8) is 0 Å². The zero-order chi connectivity index (χ0) is 30.3. The number of benzene rings is 2. The van der Waals surface area contributed by atoms with Crippen molar-refractivity contribution in [3.8, 4) is 11.5 Å². The molecule has 198 valence electrons. The fourth-order valence-electron chi connectivity index (χ4n) is 4.34. The molecule has 11 heteroatoms. The molecule has 0 bridgehead atoms. The molecule has 1 aromatic heterocycles. The Hall–Kier alpha value is -3.28. The van der Waals surface area contributed by atoms with Gasteiger partial charge < -0.3 is 34.7 Å². The number of carbonyl (C=O) groups is 1. The summed E-state index contributed by atoms with van der Waals surface area (Å²) < 4.78 is 86.0. The maximum Gasteiger partial charge on any atom is 0.586 e. The Balaban J connectivity index is 1.57. The Morgan fingerprint density at radius 3 is 2.54 bits per heavy atom. The van der Waals surface area contributed by atoms with Gasteiger partial charge in [-0.3, -0.25) is 4.79 Å². The van der Waals surface area contributed by atoms with Crippen molar-refractivity contribution in [2.24, 2.45) is 0 Å². The van der Waals surface area contributed by atoms with E-state index in [4.69, 9.17) is 5.48 Å². The number of nitrogens with one attached hydrogen (secondary N) is 1. The molecule has 0 unspecified atom stereocenters. The standard InChI is InChI=1S/C26H27F3N2O6/c1-24(2,13-33)22-8-14-7-18(17(27)10-19(14)31(22)11-16(34)12-32)30-23(35)25(5-6-25)15-3-4-20-21(9-15)37-26(28,29)36-20/h3-4,7-10,16,32-34H,5-6,11-13H2,1-2H3,(H,30,35)/t16-/m1/s1/i5D2,6D2. The van der Waals surface area contributed by atoms with Crippen LogP contribution in [0.1, 0.15) is 43.3 Å². The van der Waals surface area contributed by atoms with Gasteiger partial charge in [-0.2, -0.15) is 0 Å². The van der Waals surface area contributed by atoms with Crippen molar-refractivity contribution in [3.05, 3.63) is 53.5 Å². The molecule has 2 aromatic carbocycles. The maximum atomic E-state index is 15.4. The van der Waals surface area contributed by atoms with Crippen LogP contribution in [-0.2, 0) is 22.2 Å². The lowest BCUT2D eigenvalue weighted by Gasteiger charge is -2.25. The van der Waals surface area contributed by atoms with Gasteiger partial charge in [0.15, 0.2) is 11.5 Å². The maximum absolute atomic E-state index is 15.4. The molecule has 0 radical (unpaired) electrons. The van der Waals surface area contributed by atoms with Crippen molar-refractivity contribution in [1.82, 2.24) is 4.57 Å². The van der Waals surface area contributed by atoms with Gasteiger partial charge in [-0.15, -0.1) is 8.78 Å². The molecule has 2 aliphatic rings. The predicted molar refractivity (Wildman–Crippen MR) is 127 cm³/mol. The van der Waals surface area contributed by atoms with E-state index in [1.807, 2.05) is 0 Å². The lowest BCUT2D eigenvalue weighted by atomic mass is 9.90. The predicted octanol–water partition coefficient (Wildman–Crippen LogP) is 3.40. The Kier molecular flexibility index (Phi) is 4.84. The van der Waals surface area contributed by atoms with Crippen LogP contribution in [0.4, 0.5) is 18.9 Å². The van der Waals surface area contributed by atoms with Gasteiger partial charge >= 0.3 is 6.29 Å². The summed E-state index contributed by atoms with van der Waals surface area (Å²) in [4.78, 5) is 13.6. The summed E-state index contributed by atoms with van der Waals surface area (Å²) in [7, 11) is 0. The van der Waals surface area contributed by atoms with Gasteiger partial charge in [0.05, 0.1) is 42.5 Å². The second kappa shape index (κ2) is 8.64. The zero-order valence-electron chi connectivity index (χ0n) is 23.8. The van der Waals surface area contributed by atoms with Gasteiger partial charge in [-0.1, -0.05) is 19.9 Å². The highest BCUT2D eigenvalue weighted by Crippen LogP contribution is 2.52. The molecule has 1 aliphatic carbocycles. The first-order valence-corrected chi connectivity index (χ1v) is 11.4. The number of aliphatic hydroxyl groups is 3. The largest absolute Gasteiger partial charge is 0.586 e. The van der Waals surface area contributed by atoms with Crippen LogP contribution < -0.4 is 14.8 Å². The van der Waals surface area contributed by atoms with Gasteiger partial charge in [-0.05, 0) is 42.6 Å². The Morgan fingerprint density at radius 1 is 1.19 bits per heavy atom. The number of hydrogen-bond acceptors (Lipinski definition) is 6. The number of rotatable bonds is 8. The number of hydrogen-bond donors (Lipinski definition) is 4. The van der Waals surface area contributed by atoms with Crippen LogP contribution >= 0.6 is 0 Å². The molecule has 3 aromatic rings. The number of nitrogens with zero attached hydrogens (tertiary/aromatic N) is 1. The van der Waals surface area contributed by atoms with Crippen LogP contribution in [0.25, 0.3) is 10.9 Å². The fourth-order valence-corrected chi connectivity index (χ4v) is 4.34. The van der Waals surface area contributed by atoms with E-state index in [1.165, 1.54) is 10.6 Å². The molecular weight excluding hydrogens is 493 g/mol. The smallest absolute Gasteiger partial charge is 0.395 e. The molecule has 1 fully saturated rings. The van der Waals surface area contributed by atoms with Crippen molar-refractivity contribution < 1.29 is 48.2 Å². The number of halogens is 3. The first-order valence-electron chi connectivity index (χ1n) is 13.4. The molecule has 1 amide bonds. The minimum absolute atomic E-state index is 0.128. The Bertz CT molecular complexity index is 1550. The molecule has 4 N–H and O–H groups in total. The van der Waals surface area contributed by atoms with Gasteiger partial charge in [-0.25, -0.2) is 4.39 Å². The molecule has 1 aliphatic heterocycles. The lowest BCUT2D eigenvalue weighted by Crippen LogP contribution is -2.29. The lowest BCUT2D eigenvalue weighted by molar-refractivity contribution is -0.286. The van der Waals surface area contributed by atoms with E-state index >= 15 is 4.39 Å². The molecule has 5 rings (SSSR count). The Morgan fingerprint density at radius 2 is 1.89 bits per heavy atom. The van der Waals surface area contributed by atoms with E-state index in [9.17, 15) is 28.9 Å². The highest BCUT2D eigenvalue weighted by Gasteiger charge is 2.53. The van der Waals surface area contributed by atoms with E-state index in [0.29, 0.717) is 11.1 Å². The molecule has 0 saturated heterocycles. The highest BCUT2D eigenvalue weighted by atomic mass is 19.3. The summed E-state index contributed by atoms with van der Waals surface area (Å²) in [6, 6.07) is 6.87. The minimum atomic E-state index is -4.00. The molecule has 1 atom stereocenters. The average Bonchev–Trinajstić information content (AvgIpc) is 3.18. The van der Waals surface area contributed by atoms with Gasteiger partial charge in [0.1, 0.15) is 5.82 Å². The van der Waals surface area contributed by atoms with E-state index in [0.717, 1.165) is 24.3 Å². The quantitative estimate of drug-likeness (QED) is 0.359. The number of anilines is 1. The molecule has 2 heterocycles. The number of carbonyl (C=O) groups excluding carboxylic acids is 1. The third-order valence-electron chi connectivity index (χ3n) is 6.48. The second-order valence-corrected chi connectivity index (χ2v) is 9.69. The summed E-state index contributed by atoms with van der Waals surface area (Å²) in [6.45, 7) is 2.42. The number of ether oxygens (including phenoxy) is 2. The minimum Gasteiger partial charge on any atom is -0.395 e. The molecule has 37 heavy (non-hydrogen) atoms. The SMILES string of the molecule is [2H]C1([2H])C([2H])([2H])C1(C(=O)Nc1cc2cc(C(C)(C)CO)n(C[C@@H](O)CO)c2cc1F)c1ccc2c(c1)OC(F)(F)O2. The van der Waals surface area contributed by atoms with Crippen LogP contribution in [0, 0.1) is 5.82 Å². The number of alkyl halides is 2. The van der Waals surface area contributed by atoms with Crippen molar-refractivity contribution in [2.45, 2.75) is 56.4 Å². The second-order valence-electron chi connectivity index (χ2n) is 9.69. The van der Waals surface area contributed by atoms with E-state index in [2.05, 4.69) is 14.8 Å². The van der Waals surface area contributed by atoms with Gasteiger partial charge in [0.25, 0.3) is 0 Å². The Labute approximate surface area is 215 Å². The fraction of sp³-hybridized carbons (Fsp3) is 0.423. The van der Waals surface area contributed by atoms with Crippen LogP contribution in [0.3, 0.4) is 0 Å².